The second-order valence-electron chi connectivity index (χ2n) is 4.88. The monoisotopic (exact) mass is 539 g/mol. The molecule has 0 bridgehead atoms. The maximum Gasteiger partial charge on any atom is 0.413 e. The third-order valence-electron chi connectivity index (χ3n) is 3.18. The second kappa shape index (κ2) is 7.43. The minimum absolute atomic E-state index is 0.0318. The minimum atomic E-state index is -2.82. The number of carboxylic acid groups (broad SMARTS) is 1. The standard InChI is InChI=1S/C12H6Cl9N3O2/c13-9(14,7-22-5-3-1-2-4-6(5)23-7)10(15,16)11(17,18)24(8(25)26)12(19,20)21/h1-4H,(H,22,23)(H,25,26). The maximum atomic E-state index is 11.5. The summed E-state index contributed by atoms with van der Waals surface area (Å²) >= 11 is 54.1. The smallest absolute Gasteiger partial charge is 0.413 e. The van der Waals surface area contributed by atoms with Gasteiger partial charge in [0.15, 0.2) is 0 Å². The van der Waals surface area contributed by atoms with Gasteiger partial charge in [0.2, 0.25) is 13.1 Å². The van der Waals surface area contributed by atoms with Crippen LogP contribution in [-0.2, 0) is 4.33 Å². The molecule has 0 spiro atoms. The number of hydrogen-bond donors (Lipinski definition) is 2. The van der Waals surface area contributed by atoms with Crippen LogP contribution < -0.4 is 0 Å². The lowest BCUT2D eigenvalue weighted by molar-refractivity contribution is 0.125. The summed E-state index contributed by atoms with van der Waals surface area (Å²) in [5.74, 6) is -0.160. The topological polar surface area (TPSA) is 69.2 Å². The number of hydrogen-bond acceptors (Lipinski definition) is 2. The van der Waals surface area contributed by atoms with E-state index < -0.39 is 23.1 Å². The molecular formula is C12H6Cl9N3O2. The molecule has 0 aliphatic rings. The molecular weight excluding hydrogens is 537 g/mol. The lowest BCUT2D eigenvalue weighted by Gasteiger charge is -2.46. The van der Waals surface area contributed by atoms with Crippen molar-refractivity contribution in [2.45, 2.75) is 17.0 Å². The van der Waals surface area contributed by atoms with Crippen molar-refractivity contribution >= 4 is 122 Å². The van der Waals surface area contributed by atoms with E-state index in [-0.39, 0.29) is 10.7 Å². The Bertz CT molecular complexity index is 798. The Hall–Kier alpha value is 0.570. The van der Waals surface area contributed by atoms with Crippen LogP contribution in [0.4, 0.5) is 4.79 Å². The third-order valence-corrected chi connectivity index (χ3v) is 7.41. The van der Waals surface area contributed by atoms with E-state index in [2.05, 4.69) is 9.97 Å². The number of halogens is 9. The van der Waals surface area contributed by atoms with Gasteiger partial charge in [0, 0.05) is 0 Å². The fraction of sp³-hybridized carbons (Fsp3) is 0.333. The Labute approximate surface area is 192 Å². The van der Waals surface area contributed by atoms with Crippen LogP contribution in [0.3, 0.4) is 0 Å². The van der Waals surface area contributed by atoms with Crippen LogP contribution in [-0.4, -0.2) is 38.8 Å². The van der Waals surface area contributed by atoms with E-state index in [0.29, 0.717) is 11.0 Å². The largest absolute Gasteiger partial charge is 0.465 e. The first-order chi connectivity index (χ1) is 11.6. The highest BCUT2D eigenvalue weighted by Crippen LogP contribution is 2.61. The van der Waals surface area contributed by atoms with Gasteiger partial charge in [-0.05, 0) is 12.1 Å². The summed E-state index contributed by atoms with van der Waals surface area (Å²) in [6.07, 6.45) is -1.85. The zero-order chi connectivity index (χ0) is 20.1. The molecule has 0 fully saturated rings. The Balaban J connectivity index is 2.59. The molecule has 0 aliphatic carbocycles. The van der Waals surface area contributed by atoms with Crippen LogP contribution in [0.25, 0.3) is 11.0 Å². The second-order valence-corrected chi connectivity index (χ2v) is 11.0. The Morgan fingerprint density at radius 1 is 1.00 bits per heavy atom. The van der Waals surface area contributed by atoms with Crippen LogP contribution in [0.5, 0.6) is 0 Å². The van der Waals surface area contributed by atoms with Crippen molar-refractivity contribution in [1.82, 2.24) is 14.9 Å². The summed E-state index contributed by atoms with van der Waals surface area (Å²) in [5.41, 5.74) is 1.02. The van der Waals surface area contributed by atoms with E-state index >= 15 is 0 Å². The molecule has 1 amide bonds. The van der Waals surface area contributed by atoms with Gasteiger partial charge in [-0.25, -0.2) is 14.7 Å². The molecule has 14 heteroatoms. The Morgan fingerprint density at radius 2 is 1.54 bits per heavy atom. The first-order valence-electron chi connectivity index (χ1n) is 6.32. The van der Waals surface area contributed by atoms with E-state index in [1.54, 1.807) is 24.3 Å². The molecule has 0 atom stereocenters. The number of rotatable bonds is 4. The van der Waals surface area contributed by atoms with Crippen LogP contribution in [0.1, 0.15) is 5.82 Å². The van der Waals surface area contributed by atoms with Gasteiger partial charge in [-0.15, -0.1) is 0 Å². The van der Waals surface area contributed by atoms with Crippen LogP contribution in [0.15, 0.2) is 24.3 Å². The van der Waals surface area contributed by atoms with Crippen LogP contribution in [0.2, 0.25) is 0 Å². The summed E-state index contributed by atoms with van der Waals surface area (Å²) < 4.78 is -10.5. The van der Waals surface area contributed by atoms with Crippen molar-refractivity contribution in [2.24, 2.45) is 0 Å². The number of para-hydroxylation sites is 2. The third kappa shape index (κ3) is 3.85. The number of fused-ring (bicyclic) bond motifs is 1. The quantitative estimate of drug-likeness (QED) is 0.329. The number of benzene rings is 1. The summed E-state index contributed by atoms with van der Waals surface area (Å²) in [6, 6.07) is 6.78. The number of carbonyl (C=O) groups is 1. The zero-order valence-electron chi connectivity index (χ0n) is 12.0. The maximum absolute atomic E-state index is 11.5. The first kappa shape index (κ1) is 22.9. The van der Waals surface area contributed by atoms with Crippen molar-refractivity contribution in [2.75, 3.05) is 0 Å². The zero-order valence-corrected chi connectivity index (χ0v) is 18.8. The Kier molecular flexibility index (Phi) is 6.53. The molecule has 26 heavy (non-hydrogen) atoms. The lowest BCUT2D eigenvalue weighted by Crippen LogP contribution is -2.62. The van der Waals surface area contributed by atoms with E-state index in [4.69, 9.17) is 104 Å². The fourth-order valence-corrected chi connectivity index (χ4v) is 4.50. The number of imidazole rings is 1. The molecule has 1 aromatic carbocycles. The first-order valence-corrected chi connectivity index (χ1v) is 9.73. The summed E-state index contributed by atoms with van der Waals surface area (Å²) in [7, 11) is 0. The highest BCUT2D eigenvalue weighted by molar-refractivity contribution is 6.71. The summed E-state index contributed by atoms with van der Waals surface area (Å²) in [4.78, 5) is 18.4. The van der Waals surface area contributed by atoms with Gasteiger partial charge in [0.1, 0.15) is 5.82 Å². The van der Waals surface area contributed by atoms with Crippen molar-refractivity contribution in [3.63, 3.8) is 0 Å². The highest BCUT2D eigenvalue weighted by atomic mass is 35.6. The van der Waals surface area contributed by atoms with Gasteiger partial charge in [-0.3, -0.25) is 0 Å². The molecule has 0 saturated heterocycles. The normalized spacial score (nSPS) is 13.9. The molecule has 144 valence electrons. The molecule has 5 nitrogen and oxygen atoms in total. The molecule has 1 aromatic heterocycles. The SMILES string of the molecule is O=C(O)N(C(Cl)(Cl)Cl)C(Cl)(Cl)C(Cl)(Cl)C(Cl)(Cl)c1nc2ccccc2[nH]1. The highest BCUT2D eigenvalue weighted by Gasteiger charge is 2.68. The number of nitrogens with one attached hydrogen (secondary N) is 1. The number of H-pyrrole nitrogens is 1. The lowest BCUT2D eigenvalue weighted by atomic mass is 10.2. The molecule has 0 unspecified atom stereocenters. The molecule has 2 rings (SSSR count). The minimum Gasteiger partial charge on any atom is -0.465 e. The van der Waals surface area contributed by atoms with E-state index in [9.17, 15) is 9.90 Å². The van der Waals surface area contributed by atoms with Crippen molar-refractivity contribution in [1.29, 1.82) is 0 Å². The molecule has 0 saturated carbocycles. The van der Waals surface area contributed by atoms with Crippen LogP contribution in [0, 0.1) is 0 Å². The number of nitrogens with zero attached hydrogens (tertiary/aromatic N) is 2. The van der Waals surface area contributed by atoms with Gasteiger partial charge in [-0.1, -0.05) is 117 Å². The van der Waals surface area contributed by atoms with E-state index in [1.807, 2.05) is 0 Å². The molecule has 2 aromatic rings. The Morgan fingerprint density at radius 3 is 2.00 bits per heavy atom. The number of aromatic nitrogens is 2. The molecule has 0 aliphatic heterocycles. The fourth-order valence-electron chi connectivity index (χ4n) is 1.97. The average Bonchev–Trinajstić information content (AvgIpc) is 2.88. The summed E-state index contributed by atoms with van der Waals surface area (Å²) in [5, 5.41) is 9.34. The number of alkyl halides is 9. The average molecular weight is 543 g/mol. The van der Waals surface area contributed by atoms with Gasteiger partial charge in [-0.2, -0.15) is 0 Å². The molecule has 0 radical (unpaired) electrons. The van der Waals surface area contributed by atoms with E-state index in [1.165, 1.54) is 0 Å². The molecule has 1 heterocycles. The van der Waals surface area contributed by atoms with Crippen molar-refractivity contribution in [3.05, 3.63) is 30.1 Å². The van der Waals surface area contributed by atoms with Gasteiger partial charge < -0.3 is 10.1 Å². The van der Waals surface area contributed by atoms with Crippen molar-refractivity contribution < 1.29 is 9.90 Å². The summed E-state index contributed by atoms with van der Waals surface area (Å²) in [6.45, 7) is 0. The van der Waals surface area contributed by atoms with Crippen molar-refractivity contribution in [3.8, 4) is 0 Å². The predicted molar refractivity (Wildman–Crippen MR) is 109 cm³/mol. The molecule has 2 N–H and O–H groups in total. The van der Waals surface area contributed by atoms with Crippen LogP contribution >= 0.6 is 104 Å². The van der Waals surface area contributed by atoms with E-state index in [0.717, 1.165) is 0 Å². The van der Waals surface area contributed by atoms with Gasteiger partial charge in [0.05, 0.1) is 11.0 Å². The van der Waals surface area contributed by atoms with Gasteiger partial charge >= 0.3 is 6.09 Å². The number of aromatic amines is 1. The van der Waals surface area contributed by atoms with Gasteiger partial charge in [0.25, 0.3) is 3.92 Å². The predicted octanol–water partition coefficient (Wildman–Crippen LogP) is 6.81. The number of amides is 1.